The van der Waals surface area contributed by atoms with E-state index in [0.29, 0.717) is 29.4 Å². The average molecular weight is 554 g/mol. The minimum absolute atomic E-state index is 0.0383. The predicted molar refractivity (Wildman–Crippen MR) is 143 cm³/mol. The molecule has 0 bridgehead atoms. The number of urea groups is 1. The second-order valence-corrected chi connectivity index (χ2v) is 8.71. The summed E-state index contributed by atoms with van der Waals surface area (Å²) in [6.45, 7) is 1.73. The van der Waals surface area contributed by atoms with Gasteiger partial charge in [-0.25, -0.2) is 14.1 Å². The van der Waals surface area contributed by atoms with Crippen molar-refractivity contribution in [2.24, 2.45) is 0 Å². The zero-order chi connectivity index (χ0) is 27.9. The van der Waals surface area contributed by atoms with Crippen molar-refractivity contribution in [1.29, 1.82) is 0 Å². The molecule has 4 rings (SSSR count). The number of imide groups is 1. The van der Waals surface area contributed by atoms with Crippen LogP contribution in [0.5, 0.6) is 17.2 Å². The summed E-state index contributed by atoms with van der Waals surface area (Å²) in [6.07, 6.45) is 1.43. The van der Waals surface area contributed by atoms with E-state index in [2.05, 4.69) is 10.6 Å². The monoisotopic (exact) mass is 553 g/mol. The molecule has 3 aromatic rings. The third-order valence-electron chi connectivity index (χ3n) is 5.58. The lowest BCUT2D eigenvalue weighted by atomic mass is 10.1. The first-order valence-corrected chi connectivity index (χ1v) is 12.3. The molecule has 0 saturated carbocycles. The van der Waals surface area contributed by atoms with Crippen LogP contribution in [0.3, 0.4) is 0 Å². The Hall–Kier alpha value is -4.57. The number of methoxy groups -OCH3 is 1. The van der Waals surface area contributed by atoms with E-state index in [1.807, 2.05) is 0 Å². The number of rotatable bonds is 10. The van der Waals surface area contributed by atoms with Crippen molar-refractivity contribution in [3.8, 4) is 17.2 Å². The summed E-state index contributed by atoms with van der Waals surface area (Å²) in [5.41, 5.74) is 1.56. The van der Waals surface area contributed by atoms with Gasteiger partial charge in [0.15, 0.2) is 11.5 Å². The van der Waals surface area contributed by atoms with Crippen LogP contribution in [0.25, 0.3) is 6.08 Å². The molecule has 1 heterocycles. The summed E-state index contributed by atoms with van der Waals surface area (Å²) in [4.78, 5) is 38.8. The van der Waals surface area contributed by atoms with Gasteiger partial charge in [0.1, 0.15) is 30.4 Å². The molecule has 0 spiro atoms. The third kappa shape index (κ3) is 6.66. The number of benzene rings is 3. The van der Waals surface area contributed by atoms with Crippen molar-refractivity contribution < 1.29 is 33.0 Å². The van der Waals surface area contributed by atoms with Crippen molar-refractivity contribution in [3.05, 3.63) is 88.3 Å². The number of hydrogen-bond donors (Lipinski definition) is 2. The smallest absolute Gasteiger partial charge is 0.329 e. The number of carbonyl (C=O) groups excluding carboxylic acids is 3. The fourth-order valence-corrected chi connectivity index (χ4v) is 4.05. The quantitative estimate of drug-likeness (QED) is 0.270. The number of ether oxygens (including phenoxy) is 3. The first-order chi connectivity index (χ1) is 18.8. The van der Waals surface area contributed by atoms with Crippen LogP contribution in [0.1, 0.15) is 18.1 Å². The molecule has 11 heteroatoms. The Labute approximate surface area is 229 Å². The average Bonchev–Trinajstić information content (AvgIpc) is 3.16. The number of nitrogens with one attached hydrogen (secondary N) is 2. The fourth-order valence-electron chi connectivity index (χ4n) is 3.77. The van der Waals surface area contributed by atoms with Gasteiger partial charge in [-0.05, 0) is 60.5 Å². The highest BCUT2D eigenvalue weighted by Gasteiger charge is 2.35. The second kappa shape index (κ2) is 12.3. The van der Waals surface area contributed by atoms with Crippen LogP contribution in [-0.4, -0.2) is 43.0 Å². The fraction of sp³-hybridized carbons (Fsp3) is 0.179. The molecule has 3 aromatic carbocycles. The highest BCUT2D eigenvalue weighted by Crippen LogP contribution is 2.38. The number of anilines is 1. The maximum absolute atomic E-state index is 13.2. The van der Waals surface area contributed by atoms with E-state index < -0.39 is 24.4 Å². The van der Waals surface area contributed by atoms with E-state index in [0.717, 1.165) is 10.5 Å². The summed E-state index contributed by atoms with van der Waals surface area (Å²) in [6, 6.07) is 15.0. The largest absolute Gasteiger partial charge is 0.495 e. The van der Waals surface area contributed by atoms with Gasteiger partial charge in [-0.3, -0.25) is 9.59 Å². The van der Waals surface area contributed by atoms with E-state index in [4.69, 9.17) is 25.8 Å². The molecule has 2 N–H and O–H groups in total. The van der Waals surface area contributed by atoms with Gasteiger partial charge in [0.05, 0.1) is 24.4 Å². The lowest BCUT2D eigenvalue weighted by Gasteiger charge is -2.15. The SMILES string of the molecule is CCOc1cc(/C=C2/NC(=O)N(CC(=O)Nc3ccccc3OC)C2=O)cc(Cl)c1OCc1ccc(F)cc1. The highest BCUT2D eigenvalue weighted by atomic mass is 35.5. The molecule has 0 unspecified atom stereocenters. The van der Waals surface area contributed by atoms with Gasteiger partial charge >= 0.3 is 6.03 Å². The van der Waals surface area contributed by atoms with Crippen molar-refractivity contribution in [2.75, 3.05) is 25.6 Å². The Bertz CT molecular complexity index is 1430. The number of para-hydroxylation sites is 2. The molecule has 1 fully saturated rings. The van der Waals surface area contributed by atoms with Crippen LogP contribution in [-0.2, 0) is 16.2 Å². The Kier molecular flexibility index (Phi) is 8.67. The Morgan fingerprint density at radius 2 is 1.82 bits per heavy atom. The predicted octanol–water partition coefficient (Wildman–Crippen LogP) is 5.00. The molecule has 1 saturated heterocycles. The zero-order valence-corrected chi connectivity index (χ0v) is 21.9. The summed E-state index contributed by atoms with van der Waals surface area (Å²) >= 11 is 6.47. The molecule has 1 aliphatic rings. The summed E-state index contributed by atoms with van der Waals surface area (Å²) in [5.74, 6) is -0.566. The van der Waals surface area contributed by atoms with Crippen LogP contribution in [0, 0.1) is 5.82 Å². The topological polar surface area (TPSA) is 106 Å². The van der Waals surface area contributed by atoms with Gasteiger partial charge in [0.25, 0.3) is 5.91 Å². The van der Waals surface area contributed by atoms with E-state index in [-0.39, 0.29) is 28.9 Å². The summed E-state index contributed by atoms with van der Waals surface area (Å²) in [7, 11) is 1.47. The Balaban J connectivity index is 1.49. The van der Waals surface area contributed by atoms with E-state index >= 15 is 0 Å². The van der Waals surface area contributed by atoms with Gasteiger partial charge in [0, 0.05) is 0 Å². The number of amides is 4. The van der Waals surface area contributed by atoms with Crippen LogP contribution >= 0.6 is 11.6 Å². The van der Waals surface area contributed by atoms with Crippen molar-refractivity contribution in [3.63, 3.8) is 0 Å². The molecule has 4 amide bonds. The van der Waals surface area contributed by atoms with Gasteiger partial charge in [-0.1, -0.05) is 35.9 Å². The summed E-state index contributed by atoms with van der Waals surface area (Å²) in [5, 5.41) is 5.32. The molecule has 9 nitrogen and oxygen atoms in total. The van der Waals surface area contributed by atoms with E-state index in [1.54, 1.807) is 55.5 Å². The molecular weight excluding hydrogens is 529 g/mol. The van der Waals surface area contributed by atoms with Gasteiger partial charge in [-0.2, -0.15) is 0 Å². The molecular formula is C28H25ClFN3O6. The molecule has 0 aromatic heterocycles. The maximum atomic E-state index is 13.2. The number of hydrogen-bond acceptors (Lipinski definition) is 6. The molecule has 39 heavy (non-hydrogen) atoms. The Morgan fingerprint density at radius 3 is 2.54 bits per heavy atom. The third-order valence-corrected chi connectivity index (χ3v) is 5.86. The Morgan fingerprint density at radius 1 is 1.08 bits per heavy atom. The molecule has 1 aliphatic heterocycles. The lowest BCUT2D eigenvalue weighted by molar-refractivity contribution is -0.127. The van der Waals surface area contributed by atoms with Gasteiger partial charge < -0.3 is 24.8 Å². The van der Waals surface area contributed by atoms with Crippen molar-refractivity contribution >= 4 is 41.2 Å². The van der Waals surface area contributed by atoms with Crippen LogP contribution in [0.4, 0.5) is 14.9 Å². The minimum atomic E-state index is -0.739. The van der Waals surface area contributed by atoms with Gasteiger partial charge in [0.2, 0.25) is 5.91 Å². The minimum Gasteiger partial charge on any atom is -0.495 e. The first-order valence-electron chi connectivity index (χ1n) is 11.9. The molecule has 0 aliphatic carbocycles. The maximum Gasteiger partial charge on any atom is 0.329 e. The van der Waals surface area contributed by atoms with Crippen LogP contribution < -0.4 is 24.8 Å². The number of nitrogens with zero attached hydrogens (tertiary/aromatic N) is 1. The number of carbonyl (C=O) groups is 3. The van der Waals surface area contributed by atoms with Crippen molar-refractivity contribution in [2.45, 2.75) is 13.5 Å². The van der Waals surface area contributed by atoms with Crippen molar-refractivity contribution in [1.82, 2.24) is 10.2 Å². The van der Waals surface area contributed by atoms with Crippen LogP contribution in [0.15, 0.2) is 66.4 Å². The second-order valence-electron chi connectivity index (χ2n) is 8.31. The number of halogens is 2. The summed E-state index contributed by atoms with van der Waals surface area (Å²) < 4.78 is 29.9. The molecule has 202 valence electrons. The molecule has 0 atom stereocenters. The van der Waals surface area contributed by atoms with E-state index in [1.165, 1.54) is 25.3 Å². The van der Waals surface area contributed by atoms with Crippen LogP contribution in [0.2, 0.25) is 5.02 Å². The normalized spacial score (nSPS) is 13.8. The molecule has 0 radical (unpaired) electrons. The standard InChI is InChI=1S/C28H25ClFN3O6/c1-3-38-24-14-18(12-20(29)26(24)39-16-17-8-10-19(30)11-9-17)13-22-27(35)33(28(36)32-22)15-25(34)31-21-6-4-5-7-23(21)37-2/h4-14H,3,15-16H2,1-2H3,(H,31,34)(H,32,36)/b22-13+. The van der Waals surface area contributed by atoms with Gasteiger partial charge in [-0.15, -0.1) is 0 Å². The van der Waals surface area contributed by atoms with E-state index in [9.17, 15) is 18.8 Å². The highest BCUT2D eigenvalue weighted by molar-refractivity contribution is 6.32. The lowest BCUT2D eigenvalue weighted by Crippen LogP contribution is -2.38. The first kappa shape index (κ1) is 27.5. The zero-order valence-electron chi connectivity index (χ0n) is 21.1.